The lowest BCUT2D eigenvalue weighted by molar-refractivity contribution is 0.00578. The summed E-state index contributed by atoms with van der Waals surface area (Å²) in [6, 6.07) is 31.8. The Hall–Kier alpha value is -3.07. The molecule has 2 aliphatic rings. The predicted octanol–water partition coefficient (Wildman–Crippen LogP) is 5.22. The van der Waals surface area contributed by atoms with Crippen LogP contribution in [-0.2, 0) is 14.7 Å². The zero-order valence-corrected chi connectivity index (χ0v) is 23.0. The molecule has 4 heteroatoms. The van der Waals surface area contributed by atoms with Crippen molar-refractivity contribution in [3.8, 4) is 11.1 Å². The maximum atomic E-state index is 6.49. The topological polar surface area (TPSA) is 18.5 Å². The van der Waals surface area contributed by atoms with E-state index in [4.69, 9.17) is 9.31 Å². The van der Waals surface area contributed by atoms with Gasteiger partial charge in [-0.3, -0.25) is 0 Å². The molecule has 1 fully saturated rings. The molecule has 0 saturated carbocycles. The van der Waals surface area contributed by atoms with Gasteiger partial charge in [0, 0.05) is 0 Å². The zero-order chi connectivity index (χ0) is 26.2. The Balaban J connectivity index is 1.66. The lowest BCUT2D eigenvalue weighted by Gasteiger charge is -2.34. The van der Waals surface area contributed by atoms with Crippen LogP contribution >= 0.6 is 0 Å². The van der Waals surface area contributed by atoms with Gasteiger partial charge in [-0.05, 0) is 80.4 Å². The molecule has 4 aromatic carbocycles. The summed E-state index contributed by atoms with van der Waals surface area (Å²) in [7, 11) is 1.78. The van der Waals surface area contributed by atoms with E-state index in [9.17, 15) is 0 Å². The third kappa shape index (κ3) is 3.57. The van der Waals surface area contributed by atoms with Gasteiger partial charge in [-0.25, -0.2) is 0 Å². The van der Waals surface area contributed by atoms with E-state index in [1.807, 2.05) is 0 Å². The third-order valence-corrected chi connectivity index (χ3v) is 8.81. The molecule has 4 aromatic rings. The maximum Gasteiger partial charge on any atom is 0.494 e. The van der Waals surface area contributed by atoms with Gasteiger partial charge in [0.1, 0.15) is 7.85 Å². The predicted molar refractivity (Wildman–Crippen MR) is 157 cm³/mol. The van der Waals surface area contributed by atoms with E-state index in [-0.39, 0.29) is 11.2 Å². The second kappa shape index (κ2) is 8.21. The normalized spacial score (nSPS) is 18.5. The van der Waals surface area contributed by atoms with Crippen molar-refractivity contribution in [3.05, 3.63) is 118 Å². The molecule has 0 spiro atoms. The fraction of sp³-hybridized carbons (Fsp3) is 0.273. The van der Waals surface area contributed by atoms with Gasteiger partial charge in [0.05, 0.1) is 16.6 Å². The van der Waals surface area contributed by atoms with Gasteiger partial charge in [0.15, 0.2) is 0 Å². The molecule has 1 heterocycles. The van der Waals surface area contributed by atoms with Crippen LogP contribution in [0.15, 0.2) is 84.9 Å². The molecular formula is C33H34B2O2. The van der Waals surface area contributed by atoms with E-state index >= 15 is 0 Å². The Morgan fingerprint density at radius 3 is 1.57 bits per heavy atom. The van der Waals surface area contributed by atoms with Crippen LogP contribution in [0.4, 0.5) is 0 Å². The average molecular weight is 484 g/mol. The minimum absolute atomic E-state index is 0.387. The maximum absolute atomic E-state index is 6.49. The van der Waals surface area contributed by atoms with E-state index in [2.05, 4.69) is 134 Å². The van der Waals surface area contributed by atoms with Gasteiger partial charge in [-0.15, -0.1) is 0 Å². The largest absolute Gasteiger partial charge is 0.494 e. The molecule has 0 N–H and O–H groups in total. The van der Waals surface area contributed by atoms with Crippen molar-refractivity contribution >= 4 is 25.9 Å². The zero-order valence-electron chi connectivity index (χ0n) is 23.0. The molecule has 0 bridgehead atoms. The van der Waals surface area contributed by atoms with Crippen molar-refractivity contribution in [2.45, 2.75) is 58.2 Å². The summed E-state index contributed by atoms with van der Waals surface area (Å²) in [6.45, 7) is 12.8. The van der Waals surface area contributed by atoms with Crippen LogP contribution in [0.25, 0.3) is 11.1 Å². The van der Waals surface area contributed by atoms with Gasteiger partial charge in [-0.1, -0.05) is 102 Å². The second-order valence-corrected chi connectivity index (χ2v) is 11.9. The summed E-state index contributed by atoms with van der Waals surface area (Å²) < 4.78 is 13.0. The van der Waals surface area contributed by atoms with Gasteiger partial charge in [0.2, 0.25) is 0 Å². The van der Waals surface area contributed by atoms with Crippen LogP contribution in [0.2, 0.25) is 0 Å². The van der Waals surface area contributed by atoms with Crippen LogP contribution in [0.3, 0.4) is 0 Å². The van der Waals surface area contributed by atoms with Crippen molar-refractivity contribution in [2.24, 2.45) is 0 Å². The highest BCUT2D eigenvalue weighted by Crippen LogP contribution is 2.55. The summed E-state index contributed by atoms with van der Waals surface area (Å²) in [5.41, 5.74) is 11.4. The number of aryl methyl sites for hydroxylation is 2. The molecule has 1 aliphatic carbocycles. The van der Waals surface area contributed by atoms with Crippen LogP contribution < -0.4 is 10.9 Å². The minimum atomic E-state index is -0.433. The van der Waals surface area contributed by atoms with E-state index in [0.29, 0.717) is 0 Å². The highest BCUT2D eigenvalue weighted by atomic mass is 16.7. The number of hydrogen-bond acceptors (Lipinski definition) is 2. The Morgan fingerprint density at radius 2 is 1.05 bits per heavy atom. The van der Waals surface area contributed by atoms with Crippen molar-refractivity contribution in [1.82, 2.24) is 0 Å². The van der Waals surface area contributed by atoms with E-state index < -0.39 is 12.5 Å². The molecule has 0 amide bonds. The number of fused-ring (bicyclic) bond motifs is 3. The lowest BCUT2D eigenvalue weighted by atomic mass is 9.65. The molecule has 184 valence electrons. The molecular weight excluding hydrogens is 450 g/mol. The third-order valence-electron chi connectivity index (χ3n) is 8.81. The van der Waals surface area contributed by atoms with Gasteiger partial charge in [0.25, 0.3) is 0 Å². The van der Waals surface area contributed by atoms with Gasteiger partial charge >= 0.3 is 7.12 Å². The summed E-state index contributed by atoms with van der Waals surface area (Å²) in [6.07, 6.45) is 0. The SMILES string of the molecule is Bc1ccc2c(c1)C(c1ccc(C)cc1)(c1ccc(C)cc1)c1cc(B3OC(C)(C)C(C)(C)O3)ccc1-2. The first kappa shape index (κ1) is 24.3. The Kier molecular flexibility index (Phi) is 5.39. The van der Waals surface area contributed by atoms with Crippen LogP contribution in [-0.4, -0.2) is 26.2 Å². The number of hydrogen-bond donors (Lipinski definition) is 0. The van der Waals surface area contributed by atoms with Crippen LogP contribution in [0.1, 0.15) is 61.1 Å². The van der Waals surface area contributed by atoms with Gasteiger partial charge < -0.3 is 9.31 Å². The highest BCUT2D eigenvalue weighted by molar-refractivity contribution is 6.62. The molecule has 2 nitrogen and oxygen atoms in total. The molecule has 0 radical (unpaired) electrons. The summed E-state index contributed by atoms with van der Waals surface area (Å²) in [5, 5.41) is 0. The fourth-order valence-corrected chi connectivity index (χ4v) is 5.98. The van der Waals surface area contributed by atoms with Crippen molar-refractivity contribution in [2.75, 3.05) is 0 Å². The number of rotatable bonds is 3. The summed E-state index contributed by atoms with van der Waals surface area (Å²) in [5.74, 6) is 0. The van der Waals surface area contributed by atoms with Crippen LogP contribution in [0.5, 0.6) is 0 Å². The highest BCUT2D eigenvalue weighted by Gasteiger charge is 2.53. The fourth-order valence-electron chi connectivity index (χ4n) is 5.98. The first-order chi connectivity index (χ1) is 17.5. The first-order valence-corrected chi connectivity index (χ1v) is 13.3. The average Bonchev–Trinajstić information content (AvgIpc) is 3.26. The summed E-state index contributed by atoms with van der Waals surface area (Å²) in [4.78, 5) is 0. The van der Waals surface area contributed by atoms with Crippen molar-refractivity contribution in [3.63, 3.8) is 0 Å². The Bertz CT molecular complexity index is 1440. The molecule has 1 aliphatic heterocycles. The van der Waals surface area contributed by atoms with Crippen molar-refractivity contribution < 1.29 is 9.31 Å². The Labute approximate surface area is 222 Å². The quantitative estimate of drug-likeness (QED) is 0.327. The van der Waals surface area contributed by atoms with Crippen LogP contribution in [0, 0.1) is 13.8 Å². The van der Waals surface area contributed by atoms with Crippen molar-refractivity contribution in [1.29, 1.82) is 0 Å². The lowest BCUT2D eigenvalue weighted by Crippen LogP contribution is -2.41. The van der Waals surface area contributed by atoms with Gasteiger partial charge in [-0.2, -0.15) is 0 Å². The molecule has 6 rings (SSSR count). The monoisotopic (exact) mass is 484 g/mol. The molecule has 37 heavy (non-hydrogen) atoms. The standard InChI is InChI=1S/C33H34B2O2/c1-21-7-11-23(12-8-21)33(24-13-9-22(2)10-14-24)29-19-25(34)15-17-27(29)28-18-16-26(20-30(28)33)35-36-31(3,4)32(5,6)37-35/h7-20H,34H2,1-6H3. The number of benzene rings is 4. The molecule has 0 unspecified atom stereocenters. The van der Waals surface area contributed by atoms with E-state index in [1.54, 1.807) is 0 Å². The van der Waals surface area contributed by atoms with E-state index in [1.165, 1.54) is 50.0 Å². The molecule has 1 saturated heterocycles. The Morgan fingerprint density at radius 1 is 0.595 bits per heavy atom. The second-order valence-electron chi connectivity index (χ2n) is 11.9. The smallest absolute Gasteiger partial charge is 0.399 e. The molecule has 0 atom stereocenters. The first-order valence-electron chi connectivity index (χ1n) is 13.3. The molecule has 0 aromatic heterocycles. The van der Waals surface area contributed by atoms with E-state index in [0.717, 1.165) is 5.46 Å². The summed E-state index contributed by atoms with van der Waals surface area (Å²) >= 11 is 0. The minimum Gasteiger partial charge on any atom is -0.399 e.